The first-order valence-corrected chi connectivity index (χ1v) is 5.01. The molecule has 0 atom stereocenters. The van der Waals surface area contributed by atoms with Crippen molar-refractivity contribution in [2.45, 2.75) is 13.2 Å². The quantitative estimate of drug-likeness (QED) is 0.746. The number of aliphatic hydroxyl groups is 1. The summed E-state index contributed by atoms with van der Waals surface area (Å²) in [7, 11) is 0. The zero-order valence-corrected chi connectivity index (χ0v) is 8.50. The van der Waals surface area contributed by atoms with Crippen LogP contribution >= 0.6 is 0 Å². The third kappa shape index (κ3) is 2.64. The lowest BCUT2D eigenvalue weighted by Gasteiger charge is -1.98. The van der Waals surface area contributed by atoms with Gasteiger partial charge in [-0.2, -0.15) is 0 Å². The monoisotopic (exact) mass is 200 g/mol. The van der Waals surface area contributed by atoms with Gasteiger partial charge in [-0.3, -0.25) is 0 Å². The van der Waals surface area contributed by atoms with Crippen LogP contribution in [0.5, 0.6) is 0 Å². The van der Waals surface area contributed by atoms with Crippen molar-refractivity contribution in [1.29, 1.82) is 0 Å². The summed E-state index contributed by atoms with van der Waals surface area (Å²) >= 11 is 0. The third-order valence-corrected chi connectivity index (χ3v) is 2.31. The Bertz CT molecular complexity index is 426. The van der Waals surface area contributed by atoms with E-state index in [4.69, 9.17) is 5.11 Å². The molecule has 1 N–H and O–H groups in total. The van der Waals surface area contributed by atoms with Gasteiger partial charge in [0.15, 0.2) is 18.9 Å². The van der Waals surface area contributed by atoms with Crippen molar-refractivity contribution in [3.8, 4) is 0 Å². The van der Waals surface area contributed by atoms with Gasteiger partial charge in [-0.25, -0.2) is 4.57 Å². The van der Waals surface area contributed by atoms with Gasteiger partial charge in [0.1, 0.15) is 0 Å². The van der Waals surface area contributed by atoms with Gasteiger partial charge in [-0.1, -0.05) is 30.3 Å². The minimum absolute atomic E-state index is 0.0929. The highest BCUT2D eigenvalue weighted by Gasteiger charge is 2.02. The SMILES string of the molecule is OCc1ccc[n+](Cc2ccccc2)c1. The van der Waals surface area contributed by atoms with Crippen molar-refractivity contribution < 1.29 is 9.67 Å². The highest BCUT2D eigenvalue weighted by molar-refractivity contribution is 5.13. The van der Waals surface area contributed by atoms with E-state index >= 15 is 0 Å². The smallest absolute Gasteiger partial charge is 0.174 e. The second-order valence-electron chi connectivity index (χ2n) is 3.53. The van der Waals surface area contributed by atoms with Crippen LogP contribution in [-0.2, 0) is 13.2 Å². The highest BCUT2D eigenvalue weighted by atomic mass is 16.3. The first-order chi connectivity index (χ1) is 7.38. The Morgan fingerprint density at radius 1 is 0.933 bits per heavy atom. The summed E-state index contributed by atoms with van der Waals surface area (Å²) in [4.78, 5) is 0. The number of hydrogen-bond acceptors (Lipinski definition) is 1. The van der Waals surface area contributed by atoms with Crippen LogP contribution in [0.2, 0.25) is 0 Å². The van der Waals surface area contributed by atoms with Gasteiger partial charge in [-0.05, 0) is 6.07 Å². The lowest BCUT2D eigenvalue weighted by molar-refractivity contribution is -0.688. The normalized spacial score (nSPS) is 10.2. The maximum atomic E-state index is 9.01. The topological polar surface area (TPSA) is 24.1 Å². The minimum Gasteiger partial charge on any atom is -0.391 e. The lowest BCUT2D eigenvalue weighted by Crippen LogP contribution is -2.33. The van der Waals surface area contributed by atoms with Gasteiger partial charge in [0.2, 0.25) is 0 Å². The maximum Gasteiger partial charge on any atom is 0.174 e. The number of benzene rings is 1. The average Bonchev–Trinajstić information content (AvgIpc) is 2.31. The van der Waals surface area contributed by atoms with Crippen LogP contribution in [0, 0.1) is 0 Å². The first kappa shape index (κ1) is 9.87. The molecule has 1 heterocycles. The molecule has 2 aromatic rings. The Kier molecular flexibility index (Phi) is 3.10. The van der Waals surface area contributed by atoms with Crippen LogP contribution in [0.15, 0.2) is 54.9 Å². The molecule has 2 heteroatoms. The molecule has 1 aromatic heterocycles. The van der Waals surface area contributed by atoms with Crippen molar-refractivity contribution in [3.63, 3.8) is 0 Å². The Labute approximate surface area is 89.4 Å². The van der Waals surface area contributed by atoms with Gasteiger partial charge in [0.05, 0.1) is 6.61 Å². The molecule has 76 valence electrons. The van der Waals surface area contributed by atoms with E-state index in [1.165, 1.54) is 5.56 Å². The zero-order chi connectivity index (χ0) is 10.5. The lowest BCUT2D eigenvalue weighted by atomic mass is 10.2. The van der Waals surface area contributed by atoms with Gasteiger partial charge in [0.25, 0.3) is 0 Å². The van der Waals surface area contributed by atoms with E-state index < -0.39 is 0 Å². The molecule has 0 unspecified atom stereocenters. The van der Waals surface area contributed by atoms with E-state index in [2.05, 4.69) is 16.7 Å². The number of aliphatic hydroxyl groups excluding tert-OH is 1. The minimum atomic E-state index is 0.0929. The fraction of sp³-hybridized carbons (Fsp3) is 0.154. The molecule has 2 rings (SSSR count). The summed E-state index contributed by atoms with van der Waals surface area (Å²) in [5, 5.41) is 9.01. The molecule has 0 aliphatic rings. The number of aromatic nitrogens is 1. The predicted octanol–water partition coefficient (Wildman–Crippen LogP) is 1.51. The molecule has 0 spiro atoms. The Morgan fingerprint density at radius 3 is 2.40 bits per heavy atom. The van der Waals surface area contributed by atoms with Crippen molar-refractivity contribution in [2.75, 3.05) is 0 Å². The molecular formula is C13H14NO+. The fourth-order valence-electron chi connectivity index (χ4n) is 1.56. The molecule has 15 heavy (non-hydrogen) atoms. The maximum absolute atomic E-state index is 9.01. The number of pyridine rings is 1. The van der Waals surface area contributed by atoms with Gasteiger partial charge in [0, 0.05) is 17.2 Å². The summed E-state index contributed by atoms with van der Waals surface area (Å²) in [6.45, 7) is 0.935. The standard InChI is InChI=1S/C13H14NO/c15-11-13-7-4-8-14(10-13)9-12-5-2-1-3-6-12/h1-8,10,15H,9,11H2/q+1. The summed E-state index contributed by atoms with van der Waals surface area (Å²) in [6.07, 6.45) is 3.97. The molecule has 2 nitrogen and oxygen atoms in total. The number of nitrogens with zero attached hydrogens (tertiary/aromatic N) is 1. The van der Waals surface area contributed by atoms with E-state index in [0.717, 1.165) is 12.1 Å². The van der Waals surface area contributed by atoms with Crippen LogP contribution < -0.4 is 4.57 Å². The Balaban J connectivity index is 2.17. The Morgan fingerprint density at radius 2 is 1.67 bits per heavy atom. The number of rotatable bonds is 3. The molecular weight excluding hydrogens is 186 g/mol. The van der Waals surface area contributed by atoms with Crippen molar-refractivity contribution in [3.05, 3.63) is 66.0 Å². The molecule has 0 saturated heterocycles. The van der Waals surface area contributed by atoms with Crippen LogP contribution in [0.4, 0.5) is 0 Å². The average molecular weight is 200 g/mol. The van der Waals surface area contributed by atoms with Crippen LogP contribution in [-0.4, -0.2) is 5.11 Å². The Hall–Kier alpha value is -1.67. The van der Waals surface area contributed by atoms with E-state index in [0.29, 0.717) is 0 Å². The van der Waals surface area contributed by atoms with Gasteiger partial charge >= 0.3 is 0 Å². The second kappa shape index (κ2) is 4.71. The van der Waals surface area contributed by atoms with E-state index in [1.54, 1.807) is 0 Å². The fourth-order valence-corrected chi connectivity index (χ4v) is 1.56. The van der Waals surface area contributed by atoms with Gasteiger partial charge in [-0.15, -0.1) is 0 Å². The molecule has 0 fully saturated rings. The summed E-state index contributed by atoms with van der Waals surface area (Å²) < 4.78 is 2.07. The predicted molar refractivity (Wildman–Crippen MR) is 58.1 cm³/mol. The van der Waals surface area contributed by atoms with Crippen LogP contribution in [0.25, 0.3) is 0 Å². The molecule has 0 amide bonds. The molecule has 0 radical (unpaired) electrons. The summed E-state index contributed by atoms with van der Waals surface area (Å²) in [5.74, 6) is 0. The summed E-state index contributed by atoms with van der Waals surface area (Å²) in [6, 6.07) is 14.1. The summed E-state index contributed by atoms with van der Waals surface area (Å²) in [5.41, 5.74) is 2.20. The van der Waals surface area contributed by atoms with Crippen molar-refractivity contribution in [2.24, 2.45) is 0 Å². The van der Waals surface area contributed by atoms with Crippen molar-refractivity contribution >= 4 is 0 Å². The van der Waals surface area contributed by atoms with E-state index in [-0.39, 0.29) is 6.61 Å². The van der Waals surface area contributed by atoms with E-state index in [9.17, 15) is 0 Å². The molecule has 0 saturated carbocycles. The van der Waals surface area contributed by atoms with Crippen LogP contribution in [0.1, 0.15) is 11.1 Å². The number of hydrogen-bond donors (Lipinski definition) is 1. The zero-order valence-electron chi connectivity index (χ0n) is 8.50. The largest absolute Gasteiger partial charge is 0.391 e. The molecule has 0 aliphatic heterocycles. The third-order valence-electron chi connectivity index (χ3n) is 2.31. The van der Waals surface area contributed by atoms with E-state index in [1.807, 2.05) is 42.7 Å². The van der Waals surface area contributed by atoms with Crippen molar-refractivity contribution in [1.82, 2.24) is 0 Å². The van der Waals surface area contributed by atoms with Crippen LogP contribution in [0.3, 0.4) is 0 Å². The van der Waals surface area contributed by atoms with Gasteiger partial charge < -0.3 is 5.11 Å². The highest BCUT2D eigenvalue weighted by Crippen LogP contribution is 1.98. The molecule has 0 bridgehead atoms. The second-order valence-corrected chi connectivity index (χ2v) is 3.53. The molecule has 0 aliphatic carbocycles. The first-order valence-electron chi connectivity index (χ1n) is 5.01. The molecule has 1 aromatic carbocycles.